The summed E-state index contributed by atoms with van der Waals surface area (Å²) in [6.45, 7) is 4.08. The highest BCUT2D eigenvalue weighted by Gasteiger charge is 2.10. The molecule has 0 aromatic heterocycles. The fourth-order valence-electron chi connectivity index (χ4n) is 2.33. The summed E-state index contributed by atoms with van der Waals surface area (Å²) in [4.78, 5) is 23.7. The van der Waals surface area contributed by atoms with Gasteiger partial charge in [-0.3, -0.25) is 20.4 Å². The maximum absolute atomic E-state index is 11.9. The van der Waals surface area contributed by atoms with E-state index in [0.29, 0.717) is 16.7 Å². The third-order valence-electron chi connectivity index (χ3n) is 4.12. The Kier molecular flexibility index (Phi) is 8.13. The van der Waals surface area contributed by atoms with Gasteiger partial charge in [-0.2, -0.15) is 0 Å². The van der Waals surface area contributed by atoms with Crippen LogP contribution < -0.4 is 15.6 Å². The van der Waals surface area contributed by atoms with E-state index in [9.17, 15) is 9.59 Å². The van der Waals surface area contributed by atoms with E-state index < -0.39 is 5.91 Å². The van der Waals surface area contributed by atoms with Crippen LogP contribution in [0.1, 0.15) is 37.3 Å². The molecular weight excluding hydrogens is 432 g/mol. The van der Waals surface area contributed by atoms with Crippen molar-refractivity contribution in [3.05, 3.63) is 63.1 Å². The third kappa shape index (κ3) is 6.88. The molecule has 0 bridgehead atoms. The molecule has 144 valence electrons. The molecule has 2 rings (SSSR count). The Morgan fingerprint density at radius 2 is 1.78 bits per heavy atom. The minimum absolute atomic E-state index is 0.140. The van der Waals surface area contributed by atoms with E-state index in [4.69, 9.17) is 16.3 Å². The molecule has 0 aliphatic heterocycles. The Morgan fingerprint density at radius 3 is 2.41 bits per heavy atom. The van der Waals surface area contributed by atoms with Crippen molar-refractivity contribution in [3.63, 3.8) is 0 Å². The molecule has 0 spiro atoms. The number of halogens is 2. The van der Waals surface area contributed by atoms with E-state index in [1.807, 2.05) is 18.2 Å². The Balaban J connectivity index is 1.77. The lowest BCUT2D eigenvalue weighted by molar-refractivity contribution is -0.129. The molecule has 2 aromatic rings. The number of benzene rings is 2. The summed E-state index contributed by atoms with van der Waals surface area (Å²) < 4.78 is 6.30. The maximum atomic E-state index is 11.9. The van der Waals surface area contributed by atoms with Crippen LogP contribution in [0.2, 0.25) is 5.02 Å². The van der Waals surface area contributed by atoms with Gasteiger partial charge in [0.25, 0.3) is 5.91 Å². The molecule has 0 radical (unpaired) electrons. The first-order valence-corrected chi connectivity index (χ1v) is 9.80. The largest absolute Gasteiger partial charge is 0.483 e. The van der Waals surface area contributed by atoms with Crippen molar-refractivity contribution in [2.45, 2.75) is 32.6 Å². The van der Waals surface area contributed by atoms with E-state index in [1.54, 1.807) is 24.3 Å². The normalized spacial score (nSPS) is 11.6. The predicted molar refractivity (Wildman–Crippen MR) is 110 cm³/mol. The van der Waals surface area contributed by atoms with Crippen molar-refractivity contribution in [3.8, 4) is 5.75 Å². The predicted octanol–water partition coefficient (Wildman–Crippen LogP) is 4.38. The number of carbonyl (C=O) groups is 2. The first kappa shape index (κ1) is 21.3. The van der Waals surface area contributed by atoms with Crippen LogP contribution in [-0.2, 0) is 16.0 Å². The van der Waals surface area contributed by atoms with Crippen LogP contribution in [0.15, 0.2) is 46.9 Å². The lowest BCUT2D eigenvalue weighted by Gasteiger charge is -2.13. The molecule has 27 heavy (non-hydrogen) atoms. The molecule has 0 heterocycles. The van der Waals surface area contributed by atoms with Gasteiger partial charge in [0.05, 0.1) is 10.9 Å². The molecule has 1 atom stereocenters. The van der Waals surface area contributed by atoms with Gasteiger partial charge < -0.3 is 4.74 Å². The molecule has 1 unspecified atom stereocenters. The van der Waals surface area contributed by atoms with Gasteiger partial charge in [0.2, 0.25) is 5.91 Å². The molecule has 0 fully saturated rings. The third-order valence-corrected chi connectivity index (χ3v) is 4.99. The lowest BCUT2D eigenvalue weighted by Crippen LogP contribution is -2.44. The standard InChI is InChI=1S/C20H22BrClN2O3/c1-3-13(2)15-6-9-18(17(21)11-15)27-12-20(26)24-23-19(25)10-14-4-7-16(22)8-5-14/h4-9,11,13H,3,10,12H2,1-2H3,(H,23,25)(H,24,26). The summed E-state index contributed by atoms with van der Waals surface area (Å²) in [5, 5.41) is 0.605. The minimum atomic E-state index is -0.447. The first-order valence-electron chi connectivity index (χ1n) is 8.63. The van der Waals surface area contributed by atoms with E-state index in [2.05, 4.69) is 40.6 Å². The van der Waals surface area contributed by atoms with Gasteiger partial charge in [-0.1, -0.05) is 43.6 Å². The molecule has 0 saturated heterocycles. The zero-order valence-electron chi connectivity index (χ0n) is 15.2. The van der Waals surface area contributed by atoms with Gasteiger partial charge in [0, 0.05) is 5.02 Å². The molecule has 2 N–H and O–H groups in total. The van der Waals surface area contributed by atoms with Crippen molar-refractivity contribution >= 4 is 39.3 Å². The second kappa shape index (κ2) is 10.3. The molecule has 5 nitrogen and oxygen atoms in total. The smallest absolute Gasteiger partial charge is 0.276 e. The van der Waals surface area contributed by atoms with Crippen molar-refractivity contribution in [1.82, 2.24) is 10.9 Å². The molecule has 0 aliphatic carbocycles. The Hall–Kier alpha value is -2.05. The SMILES string of the molecule is CCC(C)c1ccc(OCC(=O)NNC(=O)Cc2ccc(Cl)cc2)c(Br)c1. The summed E-state index contributed by atoms with van der Waals surface area (Å²) in [5.41, 5.74) is 6.71. The van der Waals surface area contributed by atoms with Crippen LogP contribution in [0.25, 0.3) is 0 Å². The van der Waals surface area contributed by atoms with Gasteiger partial charge in [0.15, 0.2) is 6.61 Å². The number of ether oxygens (including phenoxy) is 1. The highest BCUT2D eigenvalue weighted by Crippen LogP contribution is 2.29. The minimum Gasteiger partial charge on any atom is -0.483 e. The van der Waals surface area contributed by atoms with E-state index in [0.717, 1.165) is 16.5 Å². The highest BCUT2D eigenvalue weighted by atomic mass is 79.9. The average molecular weight is 454 g/mol. The first-order chi connectivity index (χ1) is 12.9. The number of rotatable bonds is 7. The summed E-state index contributed by atoms with van der Waals surface area (Å²) >= 11 is 9.27. The second-order valence-corrected chi connectivity index (χ2v) is 7.48. The maximum Gasteiger partial charge on any atom is 0.276 e. The van der Waals surface area contributed by atoms with Crippen molar-refractivity contribution in [2.24, 2.45) is 0 Å². The van der Waals surface area contributed by atoms with Gasteiger partial charge >= 0.3 is 0 Å². The highest BCUT2D eigenvalue weighted by molar-refractivity contribution is 9.10. The van der Waals surface area contributed by atoms with Gasteiger partial charge in [-0.05, 0) is 63.7 Å². The quantitative estimate of drug-likeness (QED) is 0.611. The Morgan fingerprint density at radius 1 is 1.11 bits per heavy atom. The lowest BCUT2D eigenvalue weighted by atomic mass is 9.99. The zero-order valence-corrected chi connectivity index (χ0v) is 17.6. The summed E-state index contributed by atoms with van der Waals surface area (Å²) in [6, 6.07) is 12.7. The summed E-state index contributed by atoms with van der Waals surface area (Å²) in [7, 11) is 0. The van der Waals surface area contributed by atoms with Gasteiger partial charge in [-0.25, -0.2) is 0 Å². The van der Waals surface area contributed by atoms with Crippen LogP contribution in [0.5, 0.6) is 5.75 Å². The molecule has 0 saturated carbocycles. The number of carbonyl (C=O) groups excluding carboxylic acids is 2. The average Bonchev–Trinajstić information content (AvgIpc) is 2.66. The van der Waals surface area contributed by atoms with Crippen molar-refractivity contribution < 1.29 is 14.3 Å². The topological polar surface area (TPSA) is 67.4 Å². The van der Waals surface area contributed by atoms with Gasteiger partial charge in [0.1, 0.15) is 5.75 Å². The fraction of sp³-hybridized carbons (Fsp3) is 0.300. The van der Waals surface area contributed by atoms with Crippen LogP contribution in [0, 0.1) is 0 Å². The number of hydrogen-bond acceptors (Lipinski definition) is 3. The van der Waals surface area contributed by atoms with Crippen LogP contribution in [-0.4, -0.2) is 18.4 Å². The zero-order chi connectivity index (χ0) is 19.8. The van der Waals surface area contributed by atoms with Crippen molar-refractivity contribution in [1.29, 1.82) is 0 Å². The summed E-state index contributed by atoms with van der Waals surface area (Å²) in [5.74, 6) is 0.251. The Bertz CT molecular complexity index is 796. The molecule has 0 aliphatic rings. The monoisotopic (exact) mass is 452 g/mol. The number of nitrogens with one attached hydrogen (secondary N) is 2. The second-order valence-electron chi connectivity index (χ2n) is 6.19. The molecular formula is C20H22BrClN2O3. The van der Waals surface area contributed by atoms with Crippen LogP contribution in [0.3, 0.4) is 0 Å². The van der Waals surface area contributed by atoms with E-state index in [-0.39, 0.29) is 18.9 Å². The molecule has 7 heteroatoms. The van der Waals surface area contributed by atoms with E-state index >= 15 is 0 Å². The van der Waals surface area contributed by atoms with Crippen LogP contribution >= 0.6 is 27.5 Å². The number of hydrazine groups is 1. The number of amides is 2. The fourth-order valence-corrected chi connectivity index (χ4v) is 2.96. The molecule has 2 amide bonds. The summed E-state index contributed by atoms with van der Waals surface area (Å²) in [6.07, 6.45) is 1.19. The van der Waals surface area contributed by atoms with Crippen molar-refractivity contribution in [2.75, 3.05) is 6.61 Å². The van der Waals surface area contributed by atoms with Gasteiger partial charge in [-0.15, -0.1) is 0 Å². The Labute approximate surface area is 172 Å². The van der Waals surface area contributed by atoms with E-state index in [1.165, 1.54) is 5.56 Å². The number of hydrogen-bond donors (Lipinski definition) is 2. The van der Waals surface area contributed by atoms with Crippen LogP contribution in [0.4, 0.5) is 0 Å². The molecule has 2 aromatic carbocycles.